The molecule has 0 amide bonds. The highest BCUT2D eigenvalue weighted by Gasteiger charge is 2.16. The maximum Gasteiger partial charge on any atom is 0.129 e. The number of aryl methyl sites for hydroxylation is 2. The normalized spacial score (nSPS) is 12.9. The van der Waals surface area contributed by atoms with Crippen molar-refractivity contribution in [3.8, 4) is 0 Å². The molecule has 1 atom stereocenters. The Hall–Kier alpha value is -0.930. The van der Waals surface area contributed by atoms with Gasteiger partial charge in [0.2, 0.25) is 0 Å². The fourth-order valence-corrected chi connectivity index (χ4v) is 1.99. The molecule has 1 rings (SSSR count). The molecule has 2 nitrogen and oxygen atoms in total. The summed E-state index contributed by atoms with van der Waals surface area (Å²) >= 11 is 0. The molecule has 3 N–H and O–H groups in total. The highest BCUT2D eigenvalue weighted by atomic mass is 19.1. The van der Waals surface area contributed by atoms with E-state index in [1.54, 1.807) is 19.9 Å². The second-order valence-corrected chi connectivity index (χ2v) is 3.96. The summed E-state index contributed by atoms with van der Waals surface area (Å²) < 4.78 is 13.6. The van der Waals surface area contributed by atoms with Gasteiger partial charge in [-0.1, -0.05) is 6.07 Å². The van der Waals surface area contributed by atoms with Gasteiger partial charge in [-0.2, -0.15) is 0 Å². The van der Waals surface area contributed by atoms with Crippen LogP contribution < -0.4 is 5.73 Å². The number of halogens is 1. The summed E-state index contributed by atoms with van der Waals surface area (Å²) in [4.78, 5) is 0. The molecule has 0 saturated heterocycles. The van der Waals surface area contributed by atoms with Crippen molar-refractivity contribution in [3.05, 3.63) is 34.1 Å². The summed E-state index contributed by atoms with van der Waals surface area (Å²) in [5, 5.41) is 9.85. The van der Waals surface area contributed by atoms with Gasteiger partial charge < -0.3 is 10.8 Å². The van der Waals surface area contributed by atoms with Crippen molar-refractivity contribution in [1.82, 2.24) is 0 Å². The topological polar surface area (TPSA) is 46.2 Å². The van der Waals surface area contributed by atoms with Crippen LogP contribution in [0, 0.1) is 26.6 Å². The smallest absolute Gasteiger partial charge is 0.129 e. The molecule has 15 heavy (non-hydrogen) atoms. The van der Waals surface area contributed by atoms with Crippen LogP contribution in [0.3, 0.4) is 0 Å². The molecule has 0 spiro atoms. The lowest BCUT2D eigenvalue weighted by Gasteiger charge is -2.17. The quantitative estimate of drug-likeness (QED) is 0.804. The Morgan fingerprint density at radius 1 is 1.33 bits per heavy atom. The lowest BCUT2D eigenvalue weighted by Crippen LogP contribution is -2.11. The van der Waals surface area contributed by atoms with Crippen molar-refractivity contribution >= 4 is 0 Å². The number of aliphatic hydroxyl groups is 1. The summed E-state index contributed by atoms with van der Waals surface area (Å²) in [6.07, 6.45) is -0.199. The number of nitrogens with two attached hydrogens (primary N) is 1. The fraction of sp³-hybridized carbons (Fsp3) is 0.500. The number of hydrogen-bond donors (Lipinski definition) is 2. The number of rotatable bonds is 3. The predicted octanol–water partition coefficient (Wildman–Crippen LogP) is 2.13. The first-order valence-corrected chi connectivity index (χ1v) is 5.13. The van der Waals surface area contributed by atoms with Gasteiger partial charge in [-0.25, -0.2) is 4.39 Å². The van der Waals surface area contributed by atoms with Crippen LogP contribution in [0.5, 0.6) is 0 Å². The van der Waals surface area contributed by atoms with E-state index >= 15 is 0 Å². The van der Waals surface area contributed by atoms with Crippen molar-refractivity contribution in [3.63, 3.8) is 0 Å². The van der Waals surface area contributed by atoms with Gasteiger partial charge in [0, 0.05) is 0 Å². The Morgan fingerprint density at radius 3 is 2.47 bits per heavy atom. The average molecular weight is 211 g/mol. The zero-order valence-corrected chi connectivity index (χ0v) is 9.47. The van der Waals surface area contributed by atoms with Crippen molar-refractivity contribution in [2.24, 2.45) is 5.73 Å². The van der Waals surface area contributed by atoms with Crippen LogP contribution in [0.1, 0.15) is 34.8 Å². The van der Waals surface area contributed by atoms with Crippen molar-refractivity contribution in [2.75, 3.05) is 6.54 Å². The SMILES string of the molecule is Cc1cc(C)c(C(O)CCN)c(C)c1F. The van der Waals surface area contributed by atoms with Gasteiger partial charge in [-0.05, 0) is 56.0 Å². The minimum atomic E-state index is -0.662. The zero-order valence-electron chi connectivity index (χ0n) is 9.47. The molecule has 0 bridgehead atoms. The summed E-state index contributed by atoms with van der Waals surface area (Å²) in [6, 6.07) is 1.76. The molecule has 0 radical (unpaired) electrons. The standard InChI is InChI=1S/C12H18FNO/c1-7-6-8(2)12(13)9(3)11(7)10(15)4-5-14/h6,10,15H,4-5,14H2,1-3H3. The van der Waals surface area contributed by atoms with E-state index < -0.39 is 6.10 Å². The molecular formula is C12H18FNO. The van der Waals surface area contributed by atoms with Gasteiger partial charge in [0.15, 0.2) is 0 Å². The molecule has 0 fully saturated rings. The molecule has 0 saturated carbocycles. The van der Waals surface area contributed by atoms with Crippen LogP contribution in [0.15, 0.2) is 6.07 Å². The van der Waals surface area contributed by atoms with E-state index in [-0.39, 0.29) is 5.82 Å². The highest BCUT2D eigenvalue weighted by Crippen LogP contribution is 2.27. The minimum Gasteiger partial charge on any atom is -0.388 e. The van der Waals surface area contributed by atoms with Crippen LogP contribution in [-0.4, -0.2) is 11.7 Å². The van der Waals surface area contributed by atoms with E-state index in [1.165, 1.54) is 0 Å². The van der Waals surface area contributed by atoms with E-state index in [0.717, 1.165) is 5.56 Å². The summed E-state index contributed by atoms with van der Waals surface area (Å²) in [7, 11) is 0. The number of hydrogen-bond acceptors (Lipinski definition) is 2. The first kappa shape index (κ1) is 12.1. The average Bonchev–Trinajstić information content (AvgIpc) is 2.15. The molecule has 1 aromatic rings. The molecule has 0 aliphatic heterocycles. The van der Waals surface area contributed by atoms with Gasteiger partial charge >= 0.3 is 0 Å². The lowest BCUT2D eigenvalue weighted by atomic mass is 9.93. The van der Waals surface area contributed by atoms with E-state index in [9.17, 15) is 9.50 Å². The van der Waals surface area contributed by atoms with Crippen LogP contribution in [0.4, 0.5) is 4.39 Å². The maximum absolute atomic E-state index is 13.6. The lowest BCUT2D eigenvalue weighted by molar-refractivity contribution is 0.168. The van der Waals surface area contributed by atoms with Crippen molar-refractivity contribution < 1.29 is 9.50 Å². The summed E-state index contributed by atoms with van der Waals surface area (Å²) in [5.41, 5.74) is 8.14. The van der Waals surface area contributed by atoms with Gasteiger partial charge in [0.05, 0.1) is 6.10 Å². The first-order chi connectivity index (χ1) is 6.99. The van der Waals surface area contributed by atoms with Crippen LogP contribution in [-0.2, 0) is 0 Å². The van der Waals surface area contributed by atoms with Crippen molar-refractivity contribution in [1.29, 1.82) is 0 Å². The Kier molecular flexibility index (Phi) is 3.83. The summed E-state index contributed by atoms with van der Waals surface area (Å²) in [6.45, 7) is 5.71. The third-order valence-corrected chi connectivity index (χ3v) is 2.71. The fourth-order valence-electron chi connectivity index (χ4n) is 1.99. The minimum absolute atomic E-state index is 0.230. The van der Waals surface area contributed by atoms with Crippen LogP contribution >= 0.6 is 0 Å². The molecule has 1 aromatic carbocycles. The molecule has 3 heteroatoms. The van der Waals surface area contributed by atoms with Crippen LogP contribution in [0.2, 0.25) is 0 Å². The van der Waals surface area contributed by atoms with Gasteiger partial charge in [-0.15, -0.1) is 0 Å². The predicted molar refractivity (Wildman–Crippen MR) is 59.2 cm³/mol. The van der Waals surface area contributed by atoms with Gasteiger partial charge in [-0.3, -0.25) is 0 Å². The zero-order chi connectivity index (χ0) is 11.6. The Labute approximate surface area is 89.9 Å². The largest absolute Gasteiger partial charge is 0.388 e. The Balaban J connectivity index is 3.23. The number of benzene rings is 1. The van der Waals surface area contributed by atoms with E-state index in [2.05, 4.69) is 0 Å². The third kappa shape index (κ3) is 2.36. The number of aliphatic hydroxyl groups excluding tert-OH is 1. The highest BCUT2D eigenvalue weighted by molar-refractivity contribution is 5.40. The van der Waals surface area contributed by atoms with Gasteiger partial charge in [0.25, 0.3) is 0 Å². The van der Waals surface area contributed by atoms with E-state index in [0.29, 0.717) is 29.7 Å². The molecule has 0 heterocycles. The van der Waals surface area contributed by atoms with E-state index in [4.69, 9.17) is 5.73 Å². The van der Waals surface area contributed by atoms with Crippen molar-refractivity contribution in [2.45, 2.75) is 33.3 Å². The van der Waals surface area contributed by atoms with E-state index in [1.807, 2.05) is 6.92 Å². The Morgan fingerprint density at radius 2 is 1.93 bits per heavy atom. The van der Waals surface area contributed by atoms with Crippen LogP contribution in [0.25, 0.3) is 0 Å². The second kappa shape index (κ2) is 4.73. The molecular weight excluding hydrogens is 193 g/mol. The third-order valence-electron chi connectivity index (χ3n) is 2.71. The van der Waals surface area contributed by atoms with Gasteiger partial charge in [0.1, 0.15) is 5.82 Å². The monoisotopic (exact) mass is 211 g/mol. The molecule has 0 aliphatic rings. The molecule has 84 valence electrons. The summed E-state index contributed by atoms with van der Waals surface area (Å²) in [5.74, 6) is -0.230. The first-order valence-electron chi connectivity index (χ1n) is 5.13. The second-order valence-electron chi connectivity index (χ2n) is 3.96. The molecule has 1 unspecified atom stereocenters. The maximum atomic E-state index is 13.6. The molecule has 0 aromatic heterocycles. The molecule has 0 aliphatic carbocycles. The Bertz CT molecular complexity index is 363.